The molecule has 0 saturated carbocycles. The number of carbonyl (C=O) groups excluding carboxylic acids is 3. The summed E-state index contributed by atoms with van der Waals surface area (Å²) in [6.07, 6.45) is 43.0. The lowest BCUT2D eigenvalue weighted by atomic mass is 9.98. The van der Waals surface area contributed by atoms with E-state index in [4.69, 9.17) is 51.6 Å². The number of methoxy groups -OCH3 is 3. The number of unbranched alkanes of at least 4 members (excludes halogenated alkanes) is 24. The minimum absolute atomic E-state index is 0.0174. The third kappa shape index (κ3) is 38.8. The van der Waals surface area contributed by atoms with Crippen molar-refractivity contribution in [3.05, 3.63) is 53.1 Å². The SMILES string of the molecule is CCCCCCCCCCCC[C@H](O)[C@@H]1CC[C@@H]([C@@H](O)CCCCC(=O)CCCCC[C@@H](O)C2=C[C@H](C)OC2=O)O1.CCCCCCCCCCCC[C@H](OCOC)[C@@H]1CC[C@@H]([C@H](CCCCC(CCCCC[C@@H](OCOC)C2=C[C@H](C)OC2=O)OS(=O)(=O)c2ccc(C)cc2)OCOC)O1. The molecule has 2 fully saturated rings. The summed E-state index contributed by atoms with van der Waals surface area (Å²) in [5.41, 5.74) is 1.86. The molecule has 3 N–H and O–H groups in total. The molecule has 0 radical (unpaired) electrons. The Labute approximate surface area is 610 Å². The van der Waals surface area contributed by atoms with Gasteiger partial charge in [-0.2, -0.15) is 8.42 Å². The van der Waals surface area contributed by atoms with Gasteiger partial charge in [-0.15, -0.1) is 0 Å². The third-order valence-electron chi connectivity index (χ3n) is 20.3. The molecular formula is C81H140O19S. The highest BCUT2D eigenvalue weighted by atomic mass is 32.2. The molecule has 1 unspecified atom stereocenters. The smallest absolute Gasteiger partial charge is 0.337 e. The van der Waals surface area contributed by atoms with E-state index in [1.165, 1.54) is 116 Å². The van der Waals surface area contributed by atoms with Gasteiger partial charge in [0.15, 0.2) is 0 Å². The molecular weight excluding hydrogens is 1310 g/mol. The highest BCUT2D eigenvalue weighted by Gasteiger charge is 2.38. The first kappa shape index (κ1) is 90.2. The minimum atomic E-state index is -3.96. The van der Waals surface area contributed by atoms with Crippen LogP contribution >= 0.6 is 0 Å². The van der Waals surface area contributed by atoms with Gasteiger partial charge in [-0.1, -0.05) is 211 Å². The van der Waals surface area contributed by atoms with Gasteiger partial charge in [-0.05, 0) is 135 Å². The molecule has 0 aromatic heterocycles. The second-order valence-corrected chi connectivity index (χ2v) is 30.8. The molecule has 1 aromatic carbocycles. The summed E-state index contributed by atoms with van der Waals surface area (Å²) >= 11 is 0. The number of aryl methyl sites for hydroxylation is 1. The molecule has 0 spiro atoms. The van der Waals surface area contributed by atoms with Crippen LogP contribution in [0.1, 0.15) is 316 Å². The second kappa shape index (κ2) is 55.2. The monoisotopic (exact) mass is 1450 g/mol. The lowest BCUT2D eigenvalue weighted by Gasteiger charge is -2.27. The fraction of sp³-hybridized carbons (Fsp3) is 0.840. The van der Waals surface area contributed by atoms with Crippen LogP contribution in [0.25, 0.3) is 0 Å². The number of Topliss-reactive ketones (excluding diaryl/α,β-unsaturated/α-hetero) is 1. The van der Waals surface area contributed by atoms with Crippen molar-refractivity contribution in [2.24, 2.45) is 0 Å². The summed E-state index contributed by atoms with van der Waals surface area (Å²) in [7, 11) is 0.873. The van der Waals surface area contributed by atoms with Gasteiger partial charge in [-0.25, -0.2) is 9.59 Å². The van der Waals surface area contributed by atoms with Crippen LogP contribution in [0.2, 0.25) is 0 Å². The molecule has 4 aliphatic heterocycles. The normalized spacial score (nSPS) is 21.3. The van der Waals surface area contributed by atoms with E-state index in [1.54, 1.807) is 64.7 Å². The summed E-state index contributed by atoms with van der Waals surface area (Å²) in [6.45, 7) is 10.5. The van der Waals surface area contributed by atoms with Crippen LogP contribution in [-0.2, 0) is 76.1 Å². The van der Waals surface area contributed by atoms with Gasteiger partial charge in [0.25, 0.3) is 10.1 Å². The maximum atomic E-state index is 13.4. The molecule has 19 nitrogen and oxygen atoms in total. The number of ether oxygens (including phenoxy) is 10. The van der Waals surface area contributed by atoms with Crippen molar-refractivity contribution in [3.63, 3.8) is 0 Å². The Morgan fingerprint density at radius 1 is 0.465 bits per heavy atom. The zero-order chi connectivity index (χ0) is 73.3. The number of hydrogen-bond donors (Lipinski definition) is 3. The number of aliphatic hydroxyl groups excluding tert-OH is 3. The van der Waals surface area contributed by atoms with Gasteiger partial charge in [0.05, 0.1) is 83.2 Å². The van der Waals surface area contributed by atoms with Gasteiger partial charge in [0.1, 0.15) is 38.4 Å². The Bertz CT molecular complexity index is 2470. The van der Waals surface area contributed by atoms with Gasteiger partial charge >= 0.3 is 11.9 Å². The van der Waals surface area contributed by atoms with Gasteiger partial charge < -0.3 is 62.7 Å². The molecule has 584 valence electrons. The molecule has 4 heterocycles. The number of benzene rings is 1. The standard InChI is InChI=1S/C47H80O12S.C34H60O7/c1-7-8-9-10-11-12-13-14-15-18-25-43(55-35-52-5)45-31-32-46(58-45)44(56-36-53-6)26-21-20-23-39(59-60(49,50)40-29-27-37(2)28-30-40)22-17-16-19-24-42(54-34-51-4)41-33-38(3)57-47(41)48;1-3-4-5-6-7-8-9-10-11-14-21-30(37)32-23-24-33(41-32)31(38)22-17-16-19-27(35)18-13-12-15-20-29(36)28-25-26(2)40-34(28)39/h27-30,33,38-39,42-46H,7-26,31-32,34-36H2,1-6H3;25-26,29-33,36-38H,3-24H2,1-2H3/t38-,39?,42+,43-,44-,45-,46-;26-,29+,30-,31-,32-,33-/m00/s1. The van der Waals surface area contributed by atoms with Gasteiger partial charge in [0.2, 0.25) is 0 Å². The Kier molecular flexibility index (Phi) is 49.3. The van der Waals surface area contributed by atoms with E-state index < -0.39 is 46.6 Å². The number of esters is 2. The van der Waals surface area contributed by atoms with E-state index >= 15 is 0 Å². The van der Waals surface area contributed by atoms with Crippen molar-refractivity contribution in [2.75, 3.05) is 41.7 Å². The molecule has 0 aliphatic carbocycles. The van der Waals surface area contributed by atoms with Gasteiger partial charge in [-0.3, -0.25) is 8.98 Å². The molecule has 0 amide bonds. The number of rotatable bonds is 62. The van der Waals surface area contributed by atoms with Crippen LogP contribution in [0.15, 0.2) is 52.5 Å². The van der Waals surface area contributed by atoms with Crippen LogP contribution < -0.4 is 0 Å². The van der Waals surface area contributed by atoms with Crippen molar-refractivity contribution in [1.29, 1.82) is 0 Å². The number of aliphatic hydroxyl groups is 3. The molecule has 1 aromatic rings. The van der Waals surface area contributed by atoms with Crippen molar-refractivity contribution >= 4 is 27.8 Å². The Morgan fingerprint density at radius 2 is 0.832 bits per heavy atom. The number of hydrogen-bond acceptors (Lipinski definition) is 19. The Morgan fingerprint density at radius 3 is 1.32 bits per heavy atom. The predicted octanol–water partition coefficient (Wildman–Crippen LogP) is 17.2. The molecule has 0 bridgehead atoms. The van der Waals surface area contributed by atoms with E-state index in [1.807, 2.05) is 13.8 Å². The Hall–Kier alpha value is -3.22. The average molecular weight is 1450 g/mol. The lowest BCUT2D eigenvalue weighted by molar-refractivity contribution is -0.159. The molecule has 101 heavy (non-hydrogen) atoms. The van der Waals surface area contributed by atoms with Gasteiger partial charge in [0, 0.05) is 34.2 Å². The summed E-state index contributed by atoms with van der Waals surface area (Å²) in [5.74, 6) is -0.544. The molecule has 4 aliphatic rings. The van der Waals surface area contributed by atoms with Crippen LogP contribution in [0.5, 0.6) is 0 Å². The maximum absolute atomic E-state index is 13.4. The largest absolute Gasteiger partial charge is 0.455 e. The van der Waals surface area contributed by atoms with Crippen LogP contribution in [0.3, 0.4) is 0 Å². The first-order valence-electron chi connectivity index (χ1n) is 40.0. The number of carbonyl (C=O) groups is 3. The van der Waals surface area contributed by atoms with E-state index in [2.05, 4.69) is 13.8 Å². The third-order valence-corrected chi connectivity index (χ3v) is 21.7. The fourth-order valence-corrected chi connectivity index (χ4v) is 15.4. The second-order valence-electron chi connectivity index (χ2n) is 29.2. The van der Waals surface area contributed by atoms with Crippen molar-refractivity contribution < 1.29 is 89.7 Å². The number of cyclic esters (lactones) is 2. The molecule has 20 heteroatoms. The minimum Gasteiger partial charge on any atom is -0.455 e. The summed E-state index contributed by atoms with van der Waals surface area (Å²) in [6, 6.07) is 6.76. The summed E-state index contributed by atoms with van der Waals surface area (Å²) in [5, 5.41) is 31.3. The Balaban J connectivity index is 0.000000460. The first-order chi connectivity index (χ1) is 48.9. The summed E-state index contributed by atoms with van der Waals surface area (Å²) in [4.78, 5) is 36.4. The zero-order valence-corrected chi connectivity index (χ0v) is 64.8. The van der Waals surface area contributed by atoms with E-state index in [9.17, 15) is 38.1 Å². The lowest BCUT2D eigenvalue weighted by Crippen LogP contribution is -2.34. The van der Waals surface area contributed by atoms with Crippen molar-refractivity contribution in [2.45, 2.75) is 401 Å². The topological polar surface area (TPSA) is 248 Å². The quantitative estimate of drug-likeness (QED) is 0.0237. The van der Waals surface area contributed by atoms with E-state index in [0.717, 1.165) is 128 Å². The van der Waals surface area contributed by atoms with Crippen LogP contribution in [0, 0.1) is 6.92 Å². The molecule has 5 rings (SSSR count). The number of ketones is 1. The van der Waals surface area contributed by atoms with Crippen LogP contribution in [-0.4, -0.2) is 163 Å². The van der Waals surface area contributed by atoms with E-state index in [0.29, 0.717) is 56.1 Å². The maximum Gasteiger partial charge on any atom is 0.337 e. The fourth-order valence-electron chi connectivity index (χ4n) is 14.3. The van der Waals surface area contributed by atoms with E-state index in [-0.39, 0.29) is 85.9 Å². The molecule has 13 atom stereocenters. The average Bonchev–Trinajstić information content (AvgIpc) is 1.69. The van der Waals surface area contributed by atoms with Crippen LogP contribution in [0.4, 0.5) is 0 Å². The van der Waals surface area contributed by atoms with Crippen molar-refractivity contribution in [1.82, 2.24) is 0 Å². The first-order valence-corrected chi connectivity index (χ1v) is 41.4. The highest BCUT2D eigenvalue weighted by Crippen LogP contribution is 2.34. The highest BCUT2D eigenvalue weighted by molar-refractivity contribution is 7.86. The zero-order valence-electron chi connectivity index (χ0n) is 64.0. The molecule has 2 saturated heterocycles. The summed E-state index contributed by atoms with van der Waals surface area (Å²) < 4.78 is 89.7. The predicted molar refractivity (Wildman–Crippen MR) is 396 cm³/mol. The van der Waals surface area contributed by atoms with Crippen molar-refractivity contribution in [3.8, 4) is 0 Å².